The van der Waals surface area contributed by atoms with Gasteiger partial charge in [0.15, 0.2) is 12.4 Å². The first kappa shape index (κ1) is 30.6. The number of carboxylic acids is 2. The predicted octanol–water partition coefficient (Wildman–Crippen LogP) is 3.00. The second-order valence-corrected chi connectivity index (χ2v) is 10.1. The summed E-state index contributed by atoms with van der Waals surface area (Å²) in [4.78, 5) is 60.3. The third kappa shape index (κ3) is 11.6. The van der Waals surface area contributed by atoms with E-state index in [1.54, 1.807) is 6.92 Å². The minimum absolute atomic E-state index is 0.0416. The van der Waals surface area contributed by atoms with E-state index in [0.29, 0.717) is 24.3 Å². The van der Waals surface area contributed by atoms with Crippen LogP contribution in [-0.4, -0.2) is 64.0 Å². The van der Waals surface area contributed by atoms with Crippen LogP contribution >= 0.6 is 11.8 Å². The van der Waals surface area contributed by atoms with Crippen LogP contribution in [-0.2, 0) is 41.6 Å². The van der Waals surface area contributed by atoms with Gasteiger partial charge in [-0.1, -0.05) is 67.6 Å². The maximum absolute atomic E-state index is 13.0. The first-order valence-electron chi connectivity index (χ1n) is 12.2. The standard InChI is InChI=1S/C28H33NO8S/c1-19(18-38-13-12-25(31)32)27(35)29-23(16-26(33)34)24(30)17-37-28(36)22(14-20-8-4-2-5-9-20)15-21-10-6-3-7-11-21/h2-11,19,22-23H,12-18H2,1H3,(H,29,35)(H,31,32)(H,33,34). The molecule has 0 saturated heterocycles. The number of esters is 1. The van der Waals surface area contributed by atoms with Gasteiger partial charge in [-0.05, 0) is 24.0 Å². The number of amides is 1. The van der Waals surface area contributed by atoms with Gasteiger partial charge in [0.1, 0.15) is 6.04 Å². The number of Topliss-reactive ketones (excluding diaryl/α,β-unsaturated/α-hetero) is 1. The van der Waals surface area contributed by atoms with Crippen LogP contribution in [0.15, 0.2) is 60.7 Å². The molecule has 3 N–H and O–H groups in total. The van der Waals surface area contributed by atoms with Crippen molar-refractivity contribution in [2.45, 2.75) is 38.6 Å². The number of carbonyl (C=O) groups is 5. The number of thioether (sulfide) groups is 1. The van der Waals surface area contributed by atoms with Crippen molar-refractivity contribution in [3.05, 3.63) is 71.8 Å². The Hall–Kier alpha value is -3.66. The Morgan fingerprint density at radius 2 is 1.42 bits per heavy atom. The summed E-state index contributed by atoms with van der Waals surface area (Å²) in [6, 6.07) is 17.5. The lowest BCUT2D eigenvalue weighted by molar-refractivity contribution is -0.153. The third-order valence-corrected chi connectivity index (χ3v) is 6.93. The molecule has 1 amide bonds. The largest absolute Gasteiger partial charge is 0.481 e. The summed E-state index contributed by atoms with van der Waals surface area (Å²) >= 11 is 1.27. The topological polar surface area (TPSA) is 147 Å². The van der Waals surface area contributed by atoms with Gasteiger partial charge < -0.3 is 20.3 Å². The van der Waals surface area contributed by atoms with Gasteiger partial charge in [0.05, 0.1) is 18.8 Å². The van der Waals surface area contributed by atoms with E-state index in [-0.39, 0.29) is 6.42 Å². The highest BCUT2D eigenvalue weighted by Crippen LogP contribution is 2.17. The summed E-state index contributed by atoms with van der Waals surface area (Å²) in [5.74, 6) is -4.59. The molecule has 0 bridgehead atoms. The fourth-order valence-corrected chi connectivity index (χ4v) is 4.62. The van der Waals surface area contributed by atoms with E-state index >= 15 is 0 Å². The van der Waals surface area contributed by atoms with E-state index in [9.17, 15) is 29.1 Å². The zero-order chi connectivity index (χ0) is 27.9. The van der Waals surface area contributed by atoms with Crippen molar-refractivity contribution < 1.29 is 38.9 Å². The number of aliphatic carboxylic acids is 2. The Bertz CT molecular complexity index is 1040. The fraction of sp³-hybridized carbons (Fsp3) is 0.393. The summed E-state index contributed by atoms with van der Waals surface area (Å²) in [5.41, 5.74) is 1.87. The minimum Gasteiger partial charge on any atom is -0.481 e. The van der Waals surface area contributed by atoms with E-state index in [4.69, 9.17) is 9.84 Å². The van der Waals surface area contributed by atoms with E-state index in [0.717, 1.165) is 11.1 Å². The Kier molecular flexibility index (Phi) is 13.1. The molecule has 2 rings (SSSR count). The number of hydrogen-bond acceptors (Lipinski definition) is 7. The summed E-state index contributed by atoms with van der Waals surface area (Å²) in [5, 5.41) is 20.4. The number of ketones is 1. The Morgan fingerprint density at radius 3 is 1.92 bits per heavy atom. The third-order valence-electron chi connectivity index (χ3n) is 5.70. The molecule has 10 heteroatoms. The molecule has 2 atom stereocenters. The molecule has 38 heavy (non-hydrogen) atoms. The van der Waals surface area contributed by atoms with Gasteiger partial charge in [-0.25, -0.2) is 0 Å². The number of rotatable bonds is 17. The maximum atomic E-state index is 13.0. The summed E-state index contributed by atoms with van der Waals surface area (Å²) in [7, 11) is 0. The normalized spacial score (nSPS) is 12.4. The van der Waals surface area contributed by atoms with Crippen LogP contribution < -0.4 is 5.32 Å². The maximum Gasteiger partial charge on any atom is 0.310 e. The molecule has 204 valence electrons. The van der Waals surface area contributed by atoms with Crippen molar-refractivity contribution in [2.75, 3.05) is 18.1 Å². The first-order chi connectivity index (χ1) is 18.2. The van der Waals surface area contributed by atoms with Crippen molar-refractivity contribution in [1.82, 2.24) is 5.32 Å². The molecule has 0 spiro atoms. The van der Waals surface area contributed by atoms with Gasteiger partial charge in [0.2, 0.25) is 5.91 Å². The lowest BCUT2D eigenvalue weighted by Gasteiger charge is -2.20. The van der Waals surface area contributed by atoms with Gasteiger partial charge in [0.25, 0.3) is 0 Å². The average Bonchev–Trinajstić information content (AvgIpc) is 2.89. The molecular formula is C28H33NO8S. The highest BCUT2D eigenvalue weighted by Gasteiger charge is 2.28. The SMILES string of the molecule is CC(CSCCC(=O)O)C(=O)NC(CC(=O)O)C(=O)COC(=O)C(Cc1ccccc1)Cc1ccccc1. The molecule has 0 fully saturated rings. The zero-order valence-corrected chi connectivity index (χ0v) is 22.0. The van der Waals surface area contributed by atoms with Gasteiger partial charge in [-0.3, -0.25) is 24.0 Å². The highest BCUT2D eigenvalue weighted by atomic mass is 32.2. The van der Waals surface area contributed by atoms with Crippen molar-refractivity contribution in [3.8, 4) is 0 Å². The Balaban J connectivity index is 1.99. The lowest BCUT2D eigenvalue weighted by Crippen LogP contribution is -2.46. The monoisotopic (exact) mass is 543 g/mol. The molecule has 2 unspecified atom stereocenters. The summed E-state index contributed by atoms with van der Waals surface area (Å²) < 4.78 is 5.32. The average molecular weight is 544 g/mol. The number of benzene rings is 2. The molecule has 0 heterocycles. The van der Waals surface area contributed by atoms with Gasteiger partial charge in [-0.2, -0.15) is 11.8 Å². The van der Waals surface area contributed by atoms with Crippen molar-refractivity contribution in [1.29, 1.82) is 0 Å². The highest BCUT2D eigenvalue weighted by molar-refractivity contribution is 7.99. The van der Waals surface area contributed by atoms with Crippen molar-refractivity contribution >= 4 is 41.4 Å². The number of carboxylic acid groups (broad SMARTS) is 2. The molecule has 0 aliphatic heterocycles. The Labute approximate surface area is 226 Å². The number of carbonyl (C=O) groups excluding carboxylic acids is 3. The zero-order valence-electron chi connectivity index (χ0n) is 21.2. The second kappa shape index (κ2) is 16.2. The Morgan fingerprint density at radius 1 is 0.868 bits per heavy atom. The second-order valence-electron chi connectivity index (χ2n) is 8.93. The quantitative estimate of drug-likeness (QED) is 0.202. The molecule has 2 aromatic carbocycles. The summed E-state index contributed by atoms with van der Waals surface area (Å²) in [6.07, 6.45) is 0.0999. The van der Waals surface area contributed by atoms with Crippen LogP contribution in [0.4, 0.5) is 0 Å². The fourth-order valence-electron chi connectivity index (χ4n) is 3.63. The van der Waals surface area contributed by atoms with Crippen molar-refractivity contribution in [2.24, 2.45) is 11.8 Å². The number of hydrogen-bond donors (Lipinski definition) is 3. The van der Waals surface area contributed by atoms with Gasteiger partial charge >= 0.3 is 17.9 Å². The predicted molar refractivity (Wildman–Crippen MR) is 143 cm³/mol. The summed E-state index contributed by atoms with van der Waals surface area (Å²) in [6.45, 7) is 0.933. The molecule has 0 radical (unpaired) electrons. The van der Waals surface area contributed by atoms with E-state index < -0.39 is 60.5 Å². The molecular weight excluding hydrogens is 510 g/mol. The van der Waals surface area contributed by atoms with Gasteiger partial charge in [0, 0.05) is 17.4 Å². The van der Waals surface area contributed by atoms with Crippen LogP contribution in [0.2, 0.25) is 0 Å². The molecule has 2 aromatic rings. The van der Waals surface area contributed by atoms with Crippen LogP contribution in [0.1, 0.15) is 30.9 Å². The number of nitrogens with one attached hydrogen (secondary N) is 1. The van der Waals surface area contributed by atoms with Crippen LogP contribution in [0.3, 0.4) is 0 Å². The minimum atomic E-state index is -1.36. The molecule has 0 aromatic heterocycles. The number of ether oxygens (including phenoxy) is 1. The van der Waals surface area contributed by atoms with Crippen LogP contribution in [0.25, 0.3) is 0 Å². The lowest BCUT2D eigenvalue weighted by atomic mass is 9.92. The van der Waals surface area contributed by atoms with Crippen molar-refractivity contribution in [3.63, 3.8) is 0 Å². The van der Waals surface area contributed by atoms with E-state index in [1.807, 2.05) is 60.7 Å². The van der Waals surface area contributed by atoms with E-state index in [1.165, 1.54) is 11.8 Å². The van der Waals surface area contributed by atoms with Gasteiger partial charge in [-0.15, -0.1) is 0 Å². The van der Waals surface area contributed by atoms with Crippen LogP contribution in [0, 0.1) is 11.8 Å². The molecule has 0 aliphatic carbocycles. The smallest absolute Gasteiger partial charge is 0.310 e. The van der Waals surface area contributed by atoms with Crippen LogP contribution in [0.5, 0.6) is 0 Å². The molecule has 9 nitrogen and oxygen atoms in total. The first-order valence-corrected chi connectivity index (χ1v) is 13.4. The van der Waals surface area contributed by atoms with E-state index in [2.05, 4.69) is 5.32 Å². The molecule has 0 saturated carbocycles. The molecule has 0 aliphatic rings.